The summed E-state index contributed by atoms with van der Waals surface area (Å²) < 4.78 is 5.07. The fraction of sp³-hybridized carbons (Fsp3) is 0.364. The Morgan fingerprint density at radius 2 is 2.27 bits per heavy atom. The zero-order valence-electron chi connectivity index (χ0n) is 8.51. The van der Waals surface area contributed by atoms with Gasteiger partial charge in [0.2, 0.25) is 0 Å². The van der Waals surface area contributed by atoms with Crippen LogP contribution in [-0.4, -0.2) is 28.9 Å². The van der Waals surface area contributed by atoms with Gasteiger partial charge in [-0.15, -0.1) is 0 Å². The summed E-state index contributed by atoms with van der Waals surface area (Å²) in [4.78, 5) is 10.8. The van der Waals surface area contributed by atoms with Crippen molar-refractivity contribution < 1.29 is 19.7 Å². The summed E-state index contributed by atoms with van der Waals surface area (Å²) in [6.45, 7) is 2.11. The first-order chi connectivity index (χ1) is 7.13. The highest BCUT2D eigenvalue weighted by atomic mass is 16.5. The van der Waals surface area contributed by atoms with Crippen molar-refractivity contribution >= 4 is 5.97 Å². The van der Waals surface area contributed by atoms with Crippen LogP contribution in [0.3, 0.4) is 0 Å². The second-order valence-corrected chi connectivity index (χ2v) is 3.16. The number of hydrogen-bond donors (Lipinski definition) is 2. The number of benzene rings is 1. The van der Waals surface area contributed by atoms with Crippen LogP contribution < -0.4 is 0 Å². The number of hydrogen-bond acceptors (Lipinski definition) is 3. The Morgan fingerprint density at radius 3 is 2.80 bits per heavy atom. The van der Waals surface area contributed by atoms with Gasteiger partial charge in [-0.3, -0.25) is 0 Å². The summed E-state index contributed by atoms with van der Waals surface area (Å²) in [6.07, 6.45) is -0.589. The zero-order valence-corrected chi connectivity index (χ0v) is 8.51. The standard InChI is InChI=1S/C11H14O4/c1-2-15-10(11(13)14)7-8-4-3-5-9(12)6-8/h3-6,10,12H,2,7H2,1H3,(H,13,14)/t10-/m0/s1. The number of carboxylic acids is 1. The molecule has 1 atom stereocenters. The lowest BCUT2D eigenvalue weighted by Crippen LogP contribution is -2.26. The minimum Gasteiger partial charge on any atom is -0.508 e. The Kier molecular flexibility index (Phi) is 4.12. The van der Waals surface area contributed by atoms with Gasteiger partial charge in [-0.25, -0.2) is 4.79 Å². The van der Waals surface area contributed by atoms with E-state index in [9.17, 15) is 9.90 Å². The van der Waals surface area contributed by atoms with Gasteiger partial charge < -0.3 is 14.9 Å². The third kappa shape index (κ3) is 3.59. The highest BCUT2D eigenvalue weighted by Gasteiger charge is 2.17. The quantitative estimate of drug-likeness (QED) is 0.771. The summed E-state index contributed by atoms with van der Waals surface area (Å²) >= 11 is 0. The van der Waals surface area contributed by atoms with Crippen molar-refractivity contribution in [3.8, 4) is 5.75 Å². The van der Waals surface area contributed by atoms with Crippen molar-refractivity contribution in [3.63, 3.8) is 0 Å². The maximum atomic E-state index is 10.8. The van der Waals surface area contributed by atoms with Crippen LogP contribution in [0.25, 0.3) is 0 Å². The smallest absolute Gasteiger partial charge is 0.333 e. The normalized spacial score (nSPS) is 12.3. The molecule has 0 bridgehead atoms. The Balaban J connectivity index is 2.69. The van der Waals surface area contributed by atoms with E-state index in [2.05, 4.69) is 0 Å². The second-order valence-electron chi connectivity index (χ2n) is 3.16. The van der Waals surface area contributed by atoms with Crippen LogP contribution in [0.5, 0.6) is 5.75 Å². The predicted octanol–water partition coefficient (Wildman–Crippen LogP) is 1.42. The van der Waals surface area contributed by atoms with Crippen LogP contribution >= 0.6 is 0 Å². The zero-order chi connectivity index (χ0) is 11.3. The van der Waals surface area contributed by atoms with Crippen molar-refractivity contribution in [2.24, 2.45) is 0 Å². The lowest BCUT2D eigenvalue weighted by molar-refractivity contribution is -0.149. The first-order valence-electron chi connectivity index (χ1n) is 4.75. The monoisotopic (exact) mass is 210 g/mol. The molecule has 1 aromatic rings. The second kappa shape index (κ2) is 5.36. The van der Waals surface area contributed by atoms with Gasteiger partial charge in [0.1, 0.15) is 5.75 Å². The molecule has 0 amide bonds. The molecule has 1 rings (SSSR count). The van der Waals surface area contributed by atoms with E-state index < -0.39 is 12.1 Å². The SMILES string of the molecule is CCO[C@@H](Cc1cccc(O)c1)C(=O)O. The van der Waals surface area contributed by atoms with Gasteiger partial charge in [-0.05, 0) is 24.6 Å². The average Bonchev–Trinajstić information content (AvgIpc) is 2.17. The molecule has 0 aliphatic rings. The number of phenolic OH excluding ortho intramolecular Hbond substituents is 1. The summed E-state index contributed by atoms with van der Waals surface area (Å²) in [7, 11) is 0. The topological polar surface area (TPSA) is 66.8 Å². The molecule has 4 nitrogen and oxygen atoms in total. The van der Waals surface area contributed by atoms with Crippen LogP contribution in [0, 0.1) is 0 Å². The molecule has 0 fully saturated rings. The van der Waals surface area contributed by atoms with Gasteiger partial charge in [-0.2, -0.15) is 0 Å². The lowest BCUT2D eigenvalue weighted by Gasteiger charge is -2.12. The summed E-state index contributed by atoms with van der Waals surface area (Å²) in [5.74, 6) is -0.853. The van der Waals surface area contributed by atoms with Crippen LogP contribution in [-0.2, 0) is 16.0 Å². The summed E-state index contributed by atoms with van der Waals surface area (Å²) in [5, 5.41) is 18.1. The Hall–Kier alpha value is -1.55. The third-order valence-corrected chi connectivity index (χ3v) is 1.97. The van der Waals surface area contributed by atoms with Gasteiger partial charge in [-0.1, -0.05) is 12.1 Å². The molecular weight excluding hydrogens is 196 g/mol. The molecule has 1 aromatic carbocycles. The summed E-state index contributed by atoms with van der Waals surface area (Å²) in [6, 6.07) is 6.51. The van der Waals surface area contributed by atoms with E-state index in [1.165, 1.54) is 6.07 Å². The van der Waals surface area contributed by atoms with E-state index in [4.69, 9.17) is 9.84 Å². The molecular formula is C11H14O4. The highest BCUT2D eigenvalue weighted by molar-refractivity contribution is 5.72. The molecule has 82 valence electrons. The van der Waals surface area contributed by atoms with Crippen LogP contribution in [0.4, 0.5) is 0 Å². The minimum absolute atomic E-state index is 0.133. The first-order valence-corrected chi connectivity index (χ1v) is 4.75. The van der Waals surface area contributed by atoms with Gasteiger partial charge >= 0.3 is 5.97 Å². The van der Waals surface area contributed by atoms with Crippen molar-refractivity contribution in [2.75, 3.05) is 6.61 Å². The molecule has 0 saturated heterocycles. The summed E-state index contributed by atoms with van der Waals surface area (Å²) in [5.41, 5.74) is 0.746. The molecule has 0 saturated carbocycles. The van der Waals surface area contributed by atoms with Crippen LogP contribution in [0.2, 0.25) is 0 Å². The van der Waals surface area contributed by atoms with E-state index in [1.807, 2.05) is 0 Å². The van der Waals surface area contributed by atoms with Crippen LogP contribution in [0.1, 0.15) is 12.5 Å². The number of phenols is 1. The molecule has 0 aromatic heterocycles. The van der Waals surface area contributed by atoms with Gasteiger partial charge in [0, 0.05) is 13.0 Å². The molecule has 0 heterocycles. The number of carbonyl (C=O) groups is 1. The minimum atomic E-state index is -0.986. The Morgan fingerprint density at radius 1 is 1.53 bits per heavy atom. The Bertz CT molecular complexity index is 335. The van der Waals surface area contributed by atoms with Gasteiger partial charge in [0.05, 0.1) is 0 Å². The first kappa shape index (κ1) is 11.5. The lowest BCUT2D eigenvalue weighted by atomic mass is 10.1. The largest absolute Gasteiger partial charge is 0.508 e. The number of carboxylic acid groups (broad SMARTS) is 1. The van der Waals surface area contributed by atoms with E-state index in [-0.39, 0.29) is 12.2 Å². The molecule has 15 heavy (non-hydrogen) atoms. The molecule has 4 heteroatoms. The predicted molar refractivity (Wildman–Crippen MR) is 54.9 cm³/mol. The molecule has 0 spiro atoms. The van der Waals surface area contributed by atoms with E-state index >= 15 is 0 Å². The molecule has 0 radical (unpaired) electrons. The fourth-order valence-electron chi connectivity index (χ4n) is 1.32. The van der Waals surface area contributed by atoms with Crippen molar-refractivity contribution in [1.82, 2.24) is 0 Å². The van der Waals surface area contributed by atoms with Crippen molar-refractivity contribution in [3.05, 3.63) is 29.8 Å². The molecule has 0 aliphatic heterocycles. The maximum absolute atomic E-state index is 10.8. The third-order valence-electron chi connectivity index (χ3n) is 1.97. The van der Waals surface area contributed by atoms with Gasteiger partial charge in [0.25, 0.3) is 0 Å². The number of ether oxygens (including phenoxy) is 1. The number of aromatic hydroxyl groups is 1. The van der Waals surface area contributed by atoms with E-state index in [0.29, 0.717) is 6.61 Å². The van der Waals surface area contributed by atoms with Gasteiger partial charge in [0.15, 0.2) is 6.10 Å². The molecule has 0 aliphatic carbocycles. The highest BCUT2D eigenvalue weighted by Crippen LogP contribution is 2.13. The van der Waals surface area contributed by atoms with E-state index in [0.717, 1.165) is 5.56 Å². The molecule has 0 unspecified atom stereocenters. The van der Waals surface area contributed by atoms with Crippen LogP contribution in [0.15, 0.2) is 24.3 Å². The van der Waals surface area contributed by atoms with Crippen molar-refractivity contribution in [1.29, 1.82) is 0 Å². The fourth-order valence-corrected chi connectivity index (χ4v) is 1.32. The van der Waals surface area contributed by atoms with E-state index in [1.54, 1.807) is 25.1 Å². The Labute approximate surface area is 88.1 Å². The number of aliphatic carboxylic acids is 1. The number of rotatable bonds is 5. The maximum Gasteiger partial charge on any atom is 0.333 e. The molecule has 2 N–H and O–H groups in total. The average molecular weight is 210 g/mol. The van der Waals surface area contributed by atoms with Crippen molar-refractivity contribution in [2.45, 2.75) is 19.4 Å².